The van der Waals surface area contributed by atoms with Gasteiger partial charge in [0.05, 0.1) is 4.99 Å². The second-order valence-corrected chi connectivity index (χ2v) is 5.91. The highest BCUT2D eigenvalue weighted by Crippen LogP contribution is 2.29. The van der Waals surface area contributed by atoms with Gasteiger partial charge in [-0.15, -0.1) is 11.3 Å². The quantitative estimate of drug-likeness (QED) is 0.759. The van der Waals surface area contributed by atoms with E-state index in [0.29, 0.717) is 4.99 Å². The minimum Gasteiger partial charge on any atom is -0.393 e. The lowest BCUT2D eigenvalue weighted by Crippen LogP contribution is -2.27. The van der Waals surface area contributed by atoms with E-state index < -0.39 is 0 Å². The molecule has 1 fully saturated rings. The molecule has 1 aromatic rings. The summed E-state index contributed by atoms with van der Waals surface area (Å²) in [5.41, 5.74) is 5.52. The molecule has 0 atom stereocenters. The predicted molar refractivity (Wildman–Crippen MR) is 73.8 cm³/mol. The van der Waals surface area contributed by atoms with E-state index in [2.05, 4.69) is 22.4 Å². The van der Waals surface area contributed by atoms with Gasteiger partial charge in [-0.3, -0.25) is 4.90 Å². The number of rotatable bonds is 7. The Balaban J connectivity index is 1.78. The molecule has 0 unspecified atom stereocenters. The van der Waals surface area contributed by atoms with Gasteiger partial charge in [-0.25, -0.2) is 0 Å². The number of nitrogens with two attached hydrogens (primary N) is 1. The topological polar surface area (TPSA) is 29.3 Å². The molecule has 0 bridgehead atoms. The molecule has 88 valence electrons. The van der Waals surface area contributed by atoms with E-state index in [1.807, 2.05) is 11.3 Å². The summed E-state index contributed by atoms with van der Waals surface area (Å²) in [7, 11) is 0. The standard InChI is InChI=1S/C12H18N2S2/c13-12(15)4-1-7-14(10-5-6-10)9-11-3-2-8-16-11/h2-3,8,10H,1,4-7,9H2,(H2,13,15). The van der Waals surface area contributed by atoms with Crippen LogP contribution in [0.3, 0.4) is 0 Å². The fourth-order valence-electron chi connectivity index (χ4n) is 1.89. The lowest BCUT2D eigenvalue weighted by Gasteiger charge is -2.20. The Morgan fingerprint density at radius 2 is 2.38 bits per heavy atom. The van der Waals surface area contributed by atoms with Gasteiger partial charge in [0.2, 0.25) is 0 Å². The second kappa shape index (κ2) is 5.75. The van der Waals surface area contributed by atoms with Gasteiger partial charge in [-0.1, -0.05) is 18.3 Å². The van der Waals surface area contributed by atoms with Crippen LogP contribution < -0.4 is 5.73 Å². The van der Waals surface area contributed by atoms with Crippen molar-refractivity contribution in [2.75, 3.05) is 6.54 Å². The molecule has 16 heavy (non-hydrogen) atoms. The zero-order valence-electron chi connectivity index (χ0n) is 9.39. The molecule has 1 aliphatic rings. The van der Waals surface area contributed by atoms with Crippen LogP contribution in [0.1, 0.15) is 30.6 Å². The van der Waals surface area contributed by atoms with Crippen molar-refractivity contribution in [1.82, 2.24) is 4.90 Å². The first kappa shape index (κ1) is 12.0. The van der Waals surface area contributed by atoms with Crippen molar-refractivity contribution in [1.29, 1.82) is 0 Å². The molecule has 0 amide bonds. The van der Waals surface area contributed by atoms with Gasteiger partial charge in [0.1, 0.15) is 0 Å². The number of thiophene rings is 1. The van der Waals surface area contributed by atoms with E-state index >= 15 is 0 Å². The third-order valence-electron chi connectivity index (χ3n) is 2.87. The lowest BCUT2D eigenvalue weighted by molar-refractivity contribution is 0.255. The molecular weight excluding hydrogens is 236 g/mol. The number of hydrogen-bond donors (Lipinski definition) is 1. The van der Waals surface area contributed by atoms with Crippen molar-refractivity contribution in [2.45, 2.75) is 38.3 Å². The zero-order valence-corrected chi connectivity index (χ0v) is 11.0. The van der Waals surface area contributed by atoms with Crippen LogP contribution in [0.15, 0.2) is 17.5 Å². The van der Waals surface area contributed by atoms with Crippen LogP contribution >= 0.6 is 23.6 Å². The summed E-state index contributed by atoms with van der Waals surface area (Å²) in [4.78, 5) is 4.68. The number of hydrogen-bond acceptors (Lipinski definition) is 3. The van der Waals surface area contributed by atoms with Crippen molar-refractivity contribution < 1.29 is 0 Å². The van der Waals surface area contributed by atoms with Gasteiger partial charge in [0.15, 0.2) is 0 Å². The Bertz CT molecular complexity index is 331. The molecule has 0 aliphatic heterocycles. The van der Waals surface area contributed by atoms with Gasteiger partial charge in [-0.05, 0) is 43.7 Å². The van der Waals surface area contributed by atoms with Crippen molar-refractivity contribution in [3.05, 3.63) is 22.4 Å². The van der Waals surface area contributed by atoms with Gasteiger partial charge >= 0.3 is 0 Å². The molecule has 0 aromatic carbocycles. The largest absolute Gasteiger partial charge is 0.393 e. The Morgan fingerprint density at radius 3 is 2.94 bits per heavy atom. The molecule has 0 spiro atoms. The first-order valence-corrected chi connectivity index (χ1v) is 7.09. The summed E-state index contributed by atoms with van der Waals surface area (Å²) in [6.07, 6.45) is 4.69. The Labute approximate surface area is 106 Å². The predicted octanol–water partition coefficient (Wildman–Crippen LogP) is 2.78. The molecule has 2 rings (SSSR count). The van der Waals surface area contributed by atoms with Gasteiger partial charge in [0.25, 0.3) is 0 Å². The first-order valence-electron chi connectivity index (χ1n) is 5.80. The molecule has 2 N–H and O–H groups in total. The van der Waals surface area contributed by atoms with Crippen LogP contribution in [-0.4, -0.2) is 22.5 Å². The van der Waals surface area contributed by atoms with Gasteiger partial charge in [-0.2, -0.15) is 0 Å². The highest BCUT2D eigenvalue weighted by Gasteiger charge is 2.28. The van der Waals surface area contributed by atoms with Gasteiger partial charge < -0.3 is 5.73 Å². The smallest absolute Gasteiger partial charge is 0.0727 e. The normalized spacial score (nSPS) is 15.6. The number of nitrogens with zero attached hydrogens (tertiary/aromatic N) is 1. The van der Waals surface area contributed by atoms with Gasteiger partial charge in [0, 0.05) is 17.5 Å². The summed E-state index contributed by atoms with van der Waals surface area (Å²) < 4.78 is 0. The maximum atomic E-state index is 5.52. The summed E-state index contributed by atoms with van der Waals surface area (Å²) in [6.45, 7) is 2.22. The molecule has 1 heterocycles. The highest BCUT2D eigenvalue weighted by molar-refractivity contribution is 7.80. The summed E-state index contributed by atoms with van der Waals surface area (Å²) in [6, 6.07) is 5.15. The van der Waals surface area contributed by atoms with Crippen LogP contribution in [-0.2, 0) is 6.54 Å². The Hall–Kier alpha value is -0.450. The van der Waals surface area contributed by atoms with Crippen LogP contribution in [0.5, 0.6) is 0 Å². The highest BCUT2D eigenvalue weighted by atomic mass is 32.1. The summed E-state index contributed by atoms with van der Waals surface area (Å²) >= 11 is 6.75. The minimum absolute atomic E-state index is 0.645. The van der Waals surface area contributed by atoms with Crippen molar-refractivity contribution in [3.8, 4) is 0 Å². The van der Waals surface area contributed by atoms with E-state index in [0.717, 1.165) is 32.0 Å². The maximum absolute atomic E-state index is 5.52. The second-order valence-electron chi connectivity index (χ2n) is 4.35. The molecule has 1 saturated carbocycles. The third-order valence-corrected chi connectivity index (χ3v) is 3.94. The minimum atomic E-state index is 0.645. The number of thiocarbonyl (C=S) groups is 1. The Morgan fingerprint density at radius 1 is 1.56 bits per heavy atom. The van der Waals surface area contributed by atoms with E-state index in [1.165, 1.54) is 17.7 Å². The average molecular weight is 254 g/mol. The van der Waals surface area contributed by atoms with E-state index in [1.54, 1.807) is 0 Å². The van der Waals surface area contributed by atoms with Crippen molar-refractivity contribution in [2.24, 2.45) is 5.73 Å². The van der Waals surface area contributed by atoms with E-state index in [9.17, 15) is 0 Å². The lowest BCUT2D eigenvalue weighted by atomic mass is 10.2. The molecule has 0 radical (unpaired) electrons. The maximum Gasteiger partial charge on any atom is 0.0727 e. The molecule has 2 nitrogen and oxygen atoms in total. The van der Waals surface area contributed by atoms with E-state index in [-0.39, 0.29) is 0 Å². The SMILES string of the molecule is NC(=S)CCCN(Cc1cccs1)C1CC1. The summed E-state index contributed by atoms with van der Waals surface area (Å²) in [5, 5.41) is 2.15. The monoisotopic (exact) mass is 254 g/mol. The molecule has 0 saturated heterocycles. The molecular formula is C12H18N2S2. The van der Waals surface area contributed by atoms with E-state index in [4.69, 9.17) is 18.0 Å². The van der Waals surface area contributed by atoms with Crippen LogP contribution in [0.25, 0.3) is 0 Å². The van der Waals surface area contributed by atoms with Crippen LogP contribution in [0, 0.1) is 0 Å². The fraction of sp³-hybridized carbons (Fsp3) is 0.583. The fourth-order valence-corrected chi connectivity index (χ4v) is 2.76. The Kier molecular flexibility index (Phi) is 4.32. The van der Waals surface area contributed by atoms with Crippen LogP contribution in [0.2, 0.25) is 0 Å². The van der Waals surface area contributed by atoms with Crippen LogP contribution in [0.4, 0.5) is 0 Å². The molecule has 1 aliphatic carbocycles. The first-order chi connectivity index (χ1) is 7.75. The summed E-state index contributed by atoms with van der Waals surface area (Å²) in [5.74, 6) is 0. The molecule has 1 aromatic heterocycles. The third kappa shape index (κ3) is 3.85. The average Bonchev–Trinajstić information content (AvgIpc) is 2.96. The van der Waals surface area contributed by atoms with Crippen molar-refractivity contribution >= 4 is 28.5 Å². The molecule has 4 heteroatoms. The van der Waals surface area contributed by atoms with Crippen molar-refractivity contribution in [3.63, 3.8) is 0 Å². The zero-order chi connectivity index (χ0) is 11.4.